The van der Waals surface area contributed by atoms with Crippen molar-refractivity contribution in [1.29, 1.82) is 0 Å². The quantitative estimate of drug-likeness (QED) is 0.798. The fraction of sp³-hybridized carbons (Fsp3) is 0.636. The number of hydrogen-bond donors (Lipinski definition) is 1. The second-order valence-electron chi connectivity index (χ2n) is 3.98. The standard InChI is InChI=1S/C11H18N4/c1-2-15-8-4-3-5-10(15)9-6-7-13-11(12)14-9/h6-7,10H,2-5,8H2,1H3,(H2,12,13,14)/t10-/m0/s1. The molecule has 1 aromatic rings. The number of anilines is 1. The van der Waals surface area contributed by atoms with Crippen LogP contribution in [0.2, 0.25) is 0 Å². The minimum absolute atomic E-state index is 0.383. The van der Waals surface area contributed by atoms with Crippen LogP contribution >= 0.6 is 0 Å². The molecule has 2 rings (SSSR count). The topological polar surface area (TPSA) is 55.0 Å². The molecule has 4 nitrogen and oxygen atoms in total. The van der Waals surface area contributed by atoms with E-state index in [0.717, 1.165) is 12.2 Å². The average molecular weight is 206 g/mol. The number of nitrogens with two attached hydrogens (primary N) is 1. The predicted octanol–water partition coefficient (Wildman–Crippen LogP) is 1.61. The molecule has 0 unspecified atom stereocenters. The number of hydrogen-bond acceptors (Lipinski definition) is 4. The maximum atomic E-state index is 5.61. The van der Waals surface area contributed by atoms with E-state index in [0.29, 0.717) is 12.0 Å². The van der Waals surface area contributed by atoms with Gasteiger partial charge in [-0.05, 0) is 32.0 Å². The van der Waals surface area contributed by atoms with Crippen molar-refractivity contribution in [1.82, 2.24) is 14.9 Å². The zero-order valence-electron chi connectivity index (χ0n) is 9.19. The number of likely N-dealkylation sites (tertiary alicyclic amines) is 1. The van der Waals surface area contributed by atoms with Crippen LogP contribution in [0.5, 0.6) is 0 Å². The summed E-state index contributed by atoms with van der Waals surface area (Å²) in [5, 5.41) is 0. The summed E-state index contributed by atoms with van der Waals surface area (Å²) in [5.41, 5.74) is 6.68. The lowest BCUT2D eigenvalue weighted by atomic mass is 9.99. The Hall–Kier alpha value is -1.16. The third-order valence-electron chi connectivity index (χ3n) is 3.06. The highest BCUT2D eigenvalue weighted by molar-refractivity contribution is 5.19. The largest absolute Gasteiger partial charge is 0.368 e. The highest BCUT2D eigenvalue weighted by Gasteiger charge is 2.23. The Bertz CT molecular complexity index is 326. The summed E-state index contributed by atoms with van der Waals surface area (Å²) in [7, 11) is 0. The zero-order chi connectivity index (χ0) is 10.7. The van der Waals surface area contributed by atoms with Crippen molar-refractivity contribution in [2.45, 2.75) is 32.2 Å². The molecule has 4 heteroatoms. The van der Waals surface area contributed by atoms with Crippen molar-refractivity contribution in [3.63, 3.8) is 0 Å². The summed E-state index contributed by atoms with van der Waals surface area (Å²) < 4.78 is 0. The van der Waals surface area contributed by atoms with Gasteiger partial charge in [0.25, 0.3) is 0 Å². The van der Waals surface area contributed by atoms with Gasteiger partial charge in [-0.1, -0.05) is 13.3 Å². The second kappa shape index (κ2) is 4.57. The summed E-state index contributed by atoms with van der Waals surface area (Å²) in [6.07, 6.45) is 5.51. The van der Waals surface area contributed by atoms with Crippen molar-refractivity contribution in [2.75, 3.05) is 18.8 Å². The van der Waals surface area contributed by atoms with Gasteiger partial charge in [-0.3, -0.25) is 4.90 Å². The van der Waals surface area contributed by atoms with Crippen LogP contribution in [0.4, 0.5) is 5.95 Å². The van der Waals surface area contributed by atoms with E-state index in [4.69, 9.17) is 5.73 Å². The summed E-state index contributed by atoms with van der Waals surface area (Å²) in [4.78, 5) is 10.7. The van der Waals surface area contributed by atoms with Gasteiger partial charge in [0.15, 0.2) is 0 Å². The van der Waals surface area contributed by atoms with Gasteiger partial charge in [0.2, 0.25) is 5.95 Å². The molecule has 15 heavy (non-hydrogen) atoms. The maximum absolute atomic E-state index is 5.61. The van der Waals surface area contributed by atoms with E-state index in [1.54, 1.807) is 6.20 Å². The molecular formula is C11H18N4. The minimum Gasteiger partial charge on any atom is -0.368 e. The second-order valence-corrected chi connectivity index (χ2v) is 3.98. The van der Waals surface area contributed by atoms with E-state index in [1.165, 1.54) is 25.8 Å². The number of rotatable bonds is 2. The molecule has 0 aliphatic carbocycles. The predicted molar refractivity (Wildman–Crippen MR) is 60.3 cm³/mol. The average Bonchev–Trinajstić information content (AvgIpc) is 2.29. The van der Waals surface area contributed by atoms with Crippen LogP contribution in [0.1, 0.15) is 37.9 Å². The Morgan fingerprint density at radius 2 is 2.40 bits per heavy atom. The fourth-order valence-corrected chi connectivity index (χ4v) is 2.28. The van der Waals surface area contributed by atoms with Crippen molar-refractivity contribution in [3.8, 4) is 0 Å². The van der Waals surface area contributed by atoms with Crippen LogP contribution in [-0.2, 0) is 0 Å². The number of nitrogens with zero attached hydrogens (tertiary/aromatic N) is 3. The smallest absolute Gasteiger partial charge is 0.220 e. The molecule has 1 aliphatic rings. The van der Waals surface area contributed by atoms with E-state index in [1.807, 2.05) is 6.07 Å². The lowest BCUT2D eigenvalue weighted by Crippen LogP contribution is -2.33. The fourth-order valence-electron chi connectivity index (χ4n) is 2.28. The molecule has 0 radical (unpaired) electrons. The normalized spacial score (nSPS) is 22.9. The van der Waals surface area contributed by atoms with Crippen LogP contribution in [-0.4, -0.2) is 28.0 Å². The summed E-state index contributed by atoms with van der Waals surface area (Å²) in [6.45, 7) is 4.45. The molecule has 0 aromatic carbocycles. The summed E-state index contributed by atoms with van der Waals surface area (Å²) in [6, 6.07) is 2.42. The Balaban J connectivity index is 2.20. The van der Waals surface area contributed by atoms with Crippen LogP contribution < -0.4 is 5.73 Å². The lowest BCUT2D eigenvalue weighted by molar-refractivity contribution is 0.154. The number of nitrogen functional groups attached to an aromatic ring is 1. The molecule has 2 heterocycles. The van der Waals surface area contributed by atoms with E-state index in [-0.39, 0.29) is 0 Å². The molecule has 1 atom stereocenters. The molecule has 1 saturated heterocycles. The molecular weight excluding hydrogens is 188 g/mol. The van der Waals surface area contributed by atoms with Gasteiger partial charge in [-0.25, -0.2) is 9.97 Å². The van der Waals surface area contributed by atoms with E-state index in [9.17, 15) is 0 Å². The van der Waals surface area contributed by atoms with E-state index >= 15 is 0 Å². The molecule has 1 fully saturated rings. The lowest BCUT2D eigenvalue weighted by Gasteiger charge is -2.34. The van der Waals surface area contributed by atoms with Gasteiger partial charge < -0.3 is 5.73 Å². The van der Waals surface area contributed by atoms with Crippen LogP contribution in [0.15, 0.2) is 12.3 Å². The van der Waals surface area contributed by atoms with Gasteiger partial charge in [0.05, 0.1) is 11.7 Å². The summed E-state index contributed by atoms with van der Waals surface area (Å²) >= 11 is 0. The molecule has 0 bridgehead atoms. The Kier molecular flexibility index (Phi) is 3.16. The third-order valence-corrected chi connectivity index (χ3v) is 3.06. The zero-order valence-corrected chi connectivity index (χ0v) is 9.19. The minimum atomic E-state index is 0.383. The monoisotopic (exact) mass is 206 g/mol. The Labute approximate surface area is 90.5 Å². The van der Waals surface area contributed by atoms with Gasteiger partial charge in [0, 0.05) is 6.20 Å². The summed E-state index contributed by atoms with van der Waals surface area (Å²) in [5.74, 6) is 0.383. The SMILES string of the molecule is CCN1CCCC[C@H]1c1ccnc(N)n1. The molecule has 0 amide bonds. The first-order valence-electron chi connectivity index (χ1n) is 5.63. The van der Waals surface area contributed by atoms with E-state index < -0.39 is 0 Å². The van der Waals surface area contributed by atoms with Crippen molar-refractivity contribution >= 4 is 5.95 Å². The molecule has 2 N–H and O–H groups in total. The third kappa shape index (κ3) is 2.26. The first kappa shape index (κ1) is 10.4. The van der Waals surface area contributed by atoms with Crippen molar-refractivity contribution in [2.24, 2.45) is 0 Å². The van der Waals surface area contributed by atoms with Gasteiger partial charge in [-0.2, -0.15) is 0 Å². The van der Waals surface area contributed by atoms with Crippen LogP contribution in [0, 0.1) is 0 Å². The highest BCUT2D eigenvalue weighted by atomic mass is 15.2. The van der Waals surface area contributed by atoms with Crippen LogP contribution in [0.25, 0.3) is 0 Å². The molecule has 0 saturated carbocycles. The van der Waals surface area contributed by atoms with Gasteiger partial charge >= 0.3 is 0 Å². The molecule has 0 spiro atoms. The van der Waals surface area contributed by atoms with E-state index in [2.05, 4.69) is 21.8 Å². The first-order chi connectivity index (χ1) is 7.31. The maximum Gasteiger partial charge on any atom is 0.220 e. The van der Waals surface area contributed by atoms with Crippen LogP contribution in [0.3, 0.4) is 0 Å². The number of aromatic nitrogens is 2. The molecule has 1 aromatic heterocycles. The van der Waals surface area contributed by atoms with Crippen molar-refractivity contribution < 1.29 is 0 Å². The van der Waals surface area contributed by atoms with Gasteiger partial charge in [0.1, 0.15) is 0 Å². The van der Waals surface area contributed by atoms with Gasteiger partial charge in [-0.15, -0.1) is 0 Å². The highest BCUT2D eigenvalue weighted by Crippen LogP contribution is 2.29. The number of piperidine rings is 1. The Morgan fingerprint density at radius 1 is 1.53 bits per heavy atom. The molecule has 1 aliphatic heterocycles. The molecule has 82 valence electrons. The van der Waals surface area contributed by atoms with Crippen molar-refractivity contribution in [3.05, 3.63) is 18.0 Å². The first-order valence-corrected chi connectivity index (χ1v) is 5.63. The Morgan fingerprint density at radius 3 is 3.13 bits per heavy atom.